The molecule has 2 N–H and O–H groups in total. The normalized spacial score (nSPS) is 14.4. The average molecular weight is 276 g/mol. The number of carbonyl (C=O) groups is 1. The lowest BCUT2D eigenvalue weighted by Crippen LogP contribution is -2.39. The molecule has 0 heterocycles. The van der Waals surface area contributed by atoms with Crippen molar-refractivity contribution in [3.05, 3.63) is 29.8 Å². The lowest BCUT2D eigenvalue weighted by Gasteiger charge is -2.24. The van der Waals surface area contributed by atoms with Gasteiger partial charge in [-0.25, -0.2) is 0 Å². The zero-order chi connectivity index (χ0) is 14.5. The number of hydrogen-bond donors (Lipinski definition) is 1. The Morgan fingerprint density at radius 2 is 2.10 bits per heavy atom. The summed E-state index contributed by atoms with van der Waals surface area (Å²) in [5.74, 6) is 1.27. The first-order valence-corrected chi connectivity index (χ1v) is 7.32. The largest absolute Gasteiger partial charge is 0.483 e. The Hall–Kier alpha value is -1.55. The van der Waals surface area contributed by atoms with Gasteiger partial charge in [-0.3, -0.25) is 4.79 Å². The SMILES string of the molecule is CC(C)CN(C(=O)COc1ccccc1CN)C1CC1. The molecule has 20 heavy (non-hydrogen) atoms. The second kappa shape index (κ2) is 6.75. The van der Waals surface area contributed by atoms with Crippen LogP contribution >= 0.6 is 0 Å². The monoisotopic (exact) mass is 276 g/mol. The smallest absolute Gasteiger partial charge is 0.260 e. The molecular formula is C16H24N2O2. The van der Waals surface area contributed by atoms with Crippen LogP contribution in [0.2, 0.25) is 0 Å². The fourth-order valence-electron chi connectivity index (χ4n) is 2.27. The van der Waals surface area contributed by atoms with Gasteiger partial charge in [0.1, 0.15) is 5.75 Å². The molecule has 0 spiro atoms. The van der Waals surface area contributed by atoms with Crippen LogP contribution in [-0.2, 0) is 11.3 Å². The van der Waals surface area contributed by atoms with Gasteiger partial charge in [0.05, 0.1) is 0 Å². The first-order chi connectivity index (χ1) is 9.61. The summed E-state index contributed by atoms with van der Waals surface area (Å²) < 4.78 is 5.66. The topological polar surface area (TPSA) is 55.6 Å². The van der Waals surface area contributed by atoms with Crippen LogP contribution in [0.15, 0.2) is 24.3 Å². The molecule has 0 bridgehead atoms. The maximum atomic E-state index is 12.3. The average Bonchev–Trinajstić information content (AvgIpc) is 3.26. The molecule has 0 radical (unpaired) electrons. The Bertz CT molecular complexity index is 456. The fraction of sp³-hybridized carbons (Fsp3) is 0.562. The van der Waals surface area contributed by atoms with E-state index in [1.165, 1.54) is 0 Å². The molecule has 0 aliphatic heterocycles. The summed E-state index contributed by atoms with van der Waals surface area (Å²) in [5, 5.41) is 0. The molecule has 1 aliphatic carbocycles. The van der Waals surface area contributed by atoms with Crippen molar-refractivity contribution in [1.82, 2.24) is 4.90 Å². The Morgan fingerprint density at radius 1 is 1.40 bits per heavy atom. The molecule has 0 atom stereocenters. The Labute approximate surface area is 120 Å². The molecule has 1 amide bonds. The molecule has 0 saturated heterocycles. The van der Waals surface area contributed by atoms with Gasteiger partial charge in [-0.2, -0.15) is 0 Å². The molecule has 1 fully saturated rings. The van der Waals surface area contributed by atoms with Gasteiger partial charge in [-0.05, 0) is 24.8 Å². The molecular weight excluding hydrogens is 252 g/mol. The third-order valence-electron chi connectivity index (χ3n) is 3.41. The van der Waals surface area contributed by atoms with Crippen LogP contribution in [0.1, 0.15) is 32.3 Å². The van der Waals surface area contributed by atoms with Crippen LogP contribution in [0.5, 0.6) is 5.75 Å². The van der Waals surface area contributed by atoms with Crippen LogP contribution in [0.25, 0.3) is 0 Å². The maximum absolute atomic E-state index is 12.3. The van der Waals surface area contributed by atoms with E-state index in [1.807, 2.05) is 29.2 Å². The predicted molar refractivity (Wildman–Crippen MR) is 79.4 cm³/mol. The number of amides is 1. The van der Waals surface area contributed by atoms with Crippen molar-refractivity contribution in [3.8, 4) is 5.75 Å². The molecule has 1 aliphatic rings. The van der Waals surface area contributed by atoms with Crippen LogP contribution in [0, 0.1) is 5.92 Å². The highest BCUT2D eigenvalue weighted by Gasteiger charge is 2.32. The van der Waals surface area contributed by atoms with Crippen LogP contribution in [0.3, 0.4) is 0 Å². The summed E-state index contributed by atoms with van der Waals surface area (Å²) in [6, 6.07) is 8.03. The van der Waals surface area contributed by atoms with Gasteiger partial charge < -0.3 is 15.4 Å². The molecule has 4 heteroatoms. The minimum atomic E-state index is 0.0769. The van der Waals surface area contributed by atoms with Gasteiger partial charge in [0, 0.05) is 24.7 Å². The van der Waals surface area contributed by atoms with Crippen LogP contribution in [-0.4, -0.2) is 30.0 Å². The van der Waals surface area contributed by atoms with Gasteiger partial charge >= 0.3 is 0 Å². The van der Waals surface area contributed by atoms with Gasteiger partial charge in [-0.15, -0.1) is 0 Å². The third-order valence-corrected chi connectivity index (χ3v) is 3.41. The van der Waals surface area contributed by atoms with E-state index in [0.29, 0.717) is 24.3 Å². The summed E-state index contributed by atoms with van der Waals surface area (Å²) in [7, 11) is 0. The highest BCUT2D eigenvalue weighted by Crippen LogP contribution is 2.28. The van der Waals surface area contributed by atoms with Crippen molar-refractivity contribution in [1.29, 1.82) is 0 Å². The van der Waals surface area contributed by atoms with E-state index in [2.05, 4.69) is 13.8 Å². The van der Waals surface area contributed by atoms with E-state index in [-0.39, 0.29) is 12.5 Å². The van der Waals surface area contributed by atoms with Crippen LogP contribution < -0.4 is 10.5 Å². The number of rotatable bonds is 7. The van der Waals surface area contributed by atoms with Crippen molar-refractivity contribution >= 4 is 5.91 Å². The minimum absolute atomic E-state index is 0.0769. The van der Waals surface area contributed by atoms with Crippen LogP contribution in [0.4, 0.5) is 0 Å². The number of ether oxygens (including phenoxy) is 1. The highest BCUT2D eigenvalue weighted by molar-refractivity contribution is 5.78. The van der Waals surface area contributed by atoms with Crippen molar-refractivity contribution < 1.29 is 9.53 Å². The van der Waals surface area contributed by atoms with Crippen molar-refractivity contribution in [3.63, 3.8) is 0 Å². The van der Waals surface area contributed by atoms with E-state index in [1.54, 1.807) is 0 Å². The zero-order valence-corrected chi connectivity index (χ0v) is 12.3. The molecule has 1 saturated carbocycles. The van der Waals surface area contributed by atoms with Gasteiger partial charge in [0.2, 0.25) is 0 Å². The lowest BCUT2D eigenvalue weighted by atomic mass is 10.2. The standard InChI is InChI=1S/C16H24N2O2/c1-12(2)10-18(14-7-8-14)16(19)11-20-15-6-4-3-5-13(15)9-17/h3-6,12,14H,7-11,17H2,1-2H3. The first kappa shape index (κ1) is 14.9. The van der Waals surface area contributed by atoms with Crippen molar-refractivity contribution in [2.75, 3.05) is 13.2 Å². The van der Waals surface area contributed by atoms with E-state index >= 15 is 0 Å². The van der Waals surface area contributed by atoms with Gasteiger partial charge in [-0.1, -0.05) is 32.0 Å². The highest BCUT2D eigenvalue weighted by atomic mass is 16.5. The van der Waals surface area contributed by atoms with E-state index < -0.39 is 0 Å². The molecule has 2 rings (SSSR count). The number of hydrogen-bond acceptors (Lipinski definition) is 3. The quantitative estimate of drug-likeness (QED) is 0.830. The lowest BCUT2D eigenvalue weighted by molar-refractivity contribution is -0.134. The Kier molecular flexibility index (Phi) is 5.01. The summed E-state index contributed by atoms with van der Waals surface area (Å²) in [4.78, 5) is 14.3. The third kappa shape index (κ3) is 3.97. The number of para-hydroxylation sites is 1. The van der Waals surface area contributed by atoms with E-state index in [4.69, 9.17) is 10.5 Å². The van der Waals surface area contributed by atoms with E-state index in [9.17, 15) is 4.79 Å². The minimum Gasteiger partial charge on any atom is -0.483 e. The first-order valence-electron chi connectivity index (χ1n) is 7.32. The zero-order valence-electron chi connectivity index (χ0n) is 12.3. The summed E-state index contributed by atoms with van der Waals surface area (Å²) in [6.45, 7) is 5.59. The molecule has 4 nitrogen and oxygen atoms in total. The number of nitrogens with two attached hydrogens (primary N) is 1. The number of nitrogens with zero attached hydrogens (tertiary/aromatic N) is 1. The molecule has 0 aromatic heterocycles. The summed E-state index contributed by atoms with van der Waals surface area (Å²) in [6.07, 6.45) is 2.25. The molecule has 1 aromatic rings. The Morgan fingerprint density at radius 3 is 2.70 bits per heavy atom. The summed E-state index contributed by atoms with van der Waals surface area (Å²) in [5.41, 5.74) is 6.60. The van der Waals surface area contributed by atoms with Crippen molar-refractivity contribution in [2.24, 2.45) is 11.7 Å². The molecule has 0 unspecified atom stereocenters. The number of carbonyl (C=O) groups excluding carboxylic acids is 1. The molecule has 1 aromatic carbocycles. The second-order valence-electron chi connectivity index (χ2n) is 5.77. The Balaban J connectivity index is 1.93. The fourth-order valence-corrected chi connectivity index (χ4v) is 2.27. The predicted octanol–water partition coefficient (Wildman–Crippen LogP) is 2.17. The second-order valence-corrected chi connectivity index (χ2v) is 5.77. The van der Waals surface area contributed by atoms with Gasteiger partial charge in [0.25, 0.3) is 5.91 Å². The van der Waals surface area contributed by atoms with Crippen molar-refractivity contribution in [2.45, 2.75) is 39.3 Å². The van der Waals surface area contributed by atoms with Gasteiger partial charge in [0.15, 0.2) is 6.61 Å². The number of benzene rings is 1. The summed E-state index contributed by atoms with van der Waals surface area (Å²) >= 11 is 0. The van der Waals surface area contributed by atoms with E-state index in [0.717, 1.165) is 24.9 Å². The molecule has 110 valence electrons. The maximum Gasteiger partial charge on any atom is 0.260 e.